The van der Waals surface area contributed by atoms with Crippen LogP contribution in [0.3, 0.4) is 0 Å². The van der Waals surface area contributed by atoms with E-state index in [1.165, 1.54) is 4.68 Å². The molecule has 0 aliphatic rings. The van der Waals surface area contributed by atoms with E-state index in [4.69, 9.17) is 0 Å². The molecule has 0 spiro atoms. The molecule has 0 atom stereocenters. The number of aryl methyl sites for hydroxylation is 1. The van der Waals surface area contributed by atoms with E-state index in [1.54, 1.807) is 36.2 Å². The Labute approximate surface area is 138 Å². The van der Waals surface area contributed by atoms with Gasteiger partial charge < -0.3 is 4.90 Å². The lowest BCUT2D eigenvalue weighted by molar-refractivity contribution is -0.386. The first-order valence-corrected chi connectivity index (χ1v) is 7.91. The zero-order chi connectivity index (χ0) is 17.0. The first kappa shape index (κ1) is 16.9. The molecule has 0 unspecified atom stereocenters. The fourth-order valence-corrected chi connectivity index (χ4v) is 3.05. The van der Waals surface area contributed by atoms with E-state index in [0.29, 0.717) is 24.5 Å². The molecule has 1 amide bonds. The Morgan fingerprint density at radius 3 is 2.83 bits per heavy atom. The average molecular weight is 334 g/mol. The van der Waals surface area contributed by atoms with Gasteiger partial charge in [-0.15, -0.1) is 17.9 Å². The number of rotatable bonds is 7. The summed E-state index contributed by atoms with van der Waals surface area (Å²) in [6, 6.07) is 3.89. The van der Waals surface area contributed by atoms with Crippen LogP contribution in [0.4, 0.5) is 5.69 Å². The van der Waals surface area contributed by atoms with E-state index in [2.05, 4.69) is 11.7 Å². The molecule has 0 N–H and O–H groups in total. The average Bonchev–Trinajstić information content (AvgIpc) is 3.07. The molecule has 2 aromatic heterocycles. The number of amides is 1. The number of carbonyl (C=O) groups is 1. The van der Waals surface area contributed by atoms with Crippen molar-refractivity contribution in [2.24, 2.45) is 0 Å². The Morgan fingerprint density at radius 2 is 2.30 bits per heavy atom. The Balaban J connectivity index is 2.17. The van der Waals surface area contributed by atoms with Gasteiger partial charge in [0.25, 0.3) is 0 Å². The second-order valence-corrected chi connectivity index (χ2v) is 6.11. The minimum Gasteiger partial charge on any atom is -0.332 e. The number of nitro groups is 1. The third-order valence-electron chi connectivity index (χ3n) is 3.44. The van der Waals surface area contributed by atoms with Crippen molar-refractivity contribution >= 4 is 22.9 Å². The van der Waals surface area contributed by atoms with Gasteiger partial charge in [0.1, 0.15) is 17.9 Å². The minimum atomic E-state index is -0.466. The summed E-state index contributed by atoms with van der Waals surface area (Å²) >= 11 is 1.57. The van der Waals surface area contributed by atoms with E-state index in [9.17, 15) is 14.9 Å². The van der Waals surface area contributed by atoms with Gasteiger partial charge >= 0.3 is 5.69 Å². The molecule has 122 valence electrons. The fourth-order valence-electron chi connectivity index (χ4n) is 2.33. The molecule has 0 bridgehead atoms. The van der Waals surface area contributed by atoms with Gasteiger partial charge in [-0.2, -0.15) is 5.10 Å². The van der Waals surface area contributed by atoms with E-state index in [1.807, 2.05) is 17.5 Å². The third kappa shape index (κ3) is 3.84. The number of aromatic nitrogens is 2. The van der Waals surface area contributed by atoms with Crippen molar-refractivity contribution < 1.29 is 9.72 Å². The number of nitrogens with zero attached hydrogens (tertiary/aromatic N) is 4. The molecule has 0 saturated heterocycles. The van der Waals surface area contributed by atoms with Crippen LogP contribution < -0.4 is 0 Å². The van der Waals surface area contributed by atoms with Crippen LogP contribution in [0.2, 0.25) is 0 Å². The normalized spacial score (nSPS) is 10.5. The van der Waals surface area contributed by atoms with Gasteiger partial charge in [-0.3, -0.25) is 19.6 Å². The highest BCUT2D eigenvalue weighted by atomic mass is 32.1. The van der Waals surface area contributed by atoms with Gasteiger partial charge in [-0.25, -0.2) is 0 Å². The highest BCUT2D eigenvalue weighted by molar-refractivity contribution is 7.09. The first-order valence-electron chi connectivity index (χ1n) is 7.03. The molecule has 0 saturated carbocycles. The van der Waals surface area contributed by atoms with Gasteiger partial charge in [-0.1, -0.05) is 12.1 Å². The molecule has 0 aromatic carbocycles. The second kappa shape index (κ2) is 7.19. The molecular weight excluding hydrogens is 316 g/mol. The van der Waals surface area contributed by atoms with Gasteiger partial charge in [0, 0.05) is 11.4 Å². The summed E-state index contributed by atoms with van der Waals surface area (Å²) < 4.78 is 1.39. The van der Waals surface area contributed by atoms with Gasteiger partial charge in [0.15, 0.2) is 0 Å². The fraction of sp³-hybridized carbons (Fsp3) is 0.333. The molecule has 0 radical (unpaired) electrons. The Kier molecular flexibility index (Phi) is 5.28. The molecule has 0 aliphatic carbocycles. The van der Waals surface area contributed by atoms with Crippen LogP contribution in [-0.4, -0.2) is 32.1 Å². The maximum atomic E-state index is 12.5. The molecule has 8 heteroatoms. The lowest BCUT2D eigenvalue weighted by Gasteiger charge is -2.20. The quantitative estimate of drug-likeness (QED) is 0.443. The summed E-state index contributed by atoms with van der Waals surface area (Å²) in [5.41, 5.74) is 0.663. The summed E-state index contributed by atoms with van der Waals surface area (Å²) in [6.45, 7) is 7.72. The topological polar surface area (TPSA) is 81.3 Å². The van der Waals surface area contributed by atoms with Crippen LogP contribution in [0, 0.1) is 24.0 Å². The van der Waals surface area contributed by atoms with Crippen molar-refractivity contribution in [3.63, 3.8) is 0 Å². The molecule has 7 nitrogen and oxygen atoms in total. The standard InChI is InChI=1S/C15H18N4O3S/c1-4-7-17(9-13-6-5-8-23-13)14(20)10-18-12(3)15(19(21)22)11(2)16-18/h4-6,8H,1,7,9-10H2,2-3H3. The maximum absolute atomic E-state index is 12.5. The number of hydrogen-bond donors (Lipinski definition) is 0. The molecule has 0 aliphatic heterocycles. The summed E-state index contributed by atoms with van der Waals surface area (Å²) in [6.07, 6.45) is 1.66. The molecule has 2 aromatic rings. The van der Waals surface area contributed by atoms with Crippen molar-refractivity contribution in [2.45, 2.75) is 26.9 Å². The van der Waals surface area contributed by atoms with E-state index < -0.39 is 4.92 Å². The molecule has 0 fully saturated rings. The minimum absolute atomic E-state index is 0.0280. The molecular formula is C15H18N4O3S. The van der Waals surface area contributed by atoms with Gasteiger partial charge in [-0.05, 0) is 25.3 Å². The summed E-state index contributed by atoms with van der Waals surface area (Å²) in [5.74, 6) is -0.154. The van der Waals surface area contributed by atoms with E-state index >= 15 is 0 Å². The molecule has 2 heterocycles. The van der Waals surface area contributed by atoms with Crippen LogP contribution in [0.5, 0.6) is 0 Å². The summed E-state index contributed by atoms with van der Waals surface area (Å²) in [4.78, 5) is 25.8. The van der Waals surface area contributed by atoms with E-state index in [0.717, 1.165) is 4.88 Å². The largest absolute Gasteiger partial charge is 0.332 e. The molecule has 23 heavy (non-hydrogen) atoms. The van der Waals surface area contributed by atoms with Gasteiger partial charge in [0.2, 0.25) is 5.91 Å². The Morgan fingerprint density at radius 1 is 1.57 bits per heavy atom. The van der Waals surface area contributed by atoms with Gasteiger partial charge in [0.05, 0.1) is 11.5 Å². The Hall–Kier alpha value is -2.48. The first-order chi connectivity index (χ1) is 10.9. The third-order valence-corrected chi connectivity index (χ3v) is 4.30. The maximum Gasteiger partial charge on any atom is 0.312 e. The highest BCUT2D eigenvalue weighted by Crippen LogP contribution is 2.22. The van der Waals surface area contributed by atoms with E-state index in [-0.39, 0.29) is 18.1 Å². The monoisotopic (exact) mass is 334 g/mol. The van der Waals surface area contributed by atoms with Crippen LogP contribution >= 0.6 is 11.3 Å². The number of thiophene rings is 1. The Bertz CT molecular complexity index is 721. The zero-order valence-electron chi connectivity index (χ0n) is 13.1. The van der Waals surface area contributed by atoms with Crippen LogP contribution in [-0.2, 0) is 17.9 Å². The number of carbonyl (C=O) groups excluding carboxylic acids is 1. The smallest absolute Gasteiger partial charge is 0.312 e. The van der Waals surface area contributed by atoms with Crippen molar-refractivity contribution in [2.75, 3.05) is 6.54 Å². The van der Waals surface area contributed by atoms with Crippen molar-refractivity contribution in [3.05, 3.63) is 56.5 Å². The van der Waals surface area contributed by atoms with Crippen molar-refractivity contribution in [1.29, 1.82) is 0 Å². The van der Waals surface area contributed by atoms with Crippen molar-refractivity contribution in [1.82, 2.24) is 14.7 Å². The zero-order valence-corrected chi connectivity index (χ0v) is 13.9. The second-order valence-electron chi connectivity index (χ2n) is 5.08. The predicted octanol–water partition coefficient (Wildman–Crippen LogP) is 2.68. The SMILES string of the molecule is C=CCN(Cc1cccs1)C(=O)Cn1nc(C)c([N+](=O)[O-])c1C. The lowest BCUT2D eigenvalue weighted by Crippen LogP contribution is -2.33. The van der Waals surface area contributed by atoms with Crippen LogP contribution in [0.25, 0.3) is 0 Å². The lowest BCUT2D eigenvalue weighted by atomic mass is 10.3. The predicted molar refractivity (Wildman–Crippen MR) is 88.3 cm³/mol. The van der Waals surface area contributed by atoms with Crippen LogP contribution in [0.15, 0.2) is 30.2 Å². The summed E-state index contributed by atoms with van der Waals surface area (Å²) in [5, 5.41) is 17.1. The highest BCUT2D eigenvalue weighted by Gasteiger charge is 2.24. The van der Waals surface area contributed by atoms with Crippen molar-refractivity contribution in [3.8, 4) is 0 Å². The number of hydrogen-bond acceptors (Lipinski definition) is 5. The molecule has 2 rings (SSSR count). The summed E-state index contributed by atoms with van der Waals surface area (Å²) in [7, 11) is 0. The van der Waals surface area contributed by atoms with Crippen LogP contribution in [0.1, 0.15) is 16.3 Å².